The van der Waals surface area contributed by atoms with E-state index < -0.39 is 11.7 Å². The van der Waals surface area contributed by atoms with E-state index >= 15 is 0 Å². The number of nitrogens with two attached hydrogens (primary N) is 1. The number of rotatable bonds is 6. The SMILES string of the molecule is CC(N)CCNC(=O)CC(C)c1ccc(C(F)(F)F)cc1. The maximum Gasteiger partial charge on any atom is 0.416 e. The lowest BCUT2D eigenvalue weighted by atomic mass is 9.96. The first-order valence-corrected chi connectivity index (χ1v) is 6.89. The normalized spacial score (nSPS) is 14.6. The predicted octanol–water partition coefficient (Wildman–Crippen LogP) is 3.05. The van der Waals surface area contributed by atoms with Crippen molar-refractivity contribution in [3.8, 4) is 0 Å². The highest BCUT2D eigenvalue weighted by Gasteiger charge is 2.30. The fourth-order valence-electron chi connectivity index (χ4n) is 1.91. The van der Waals surface area contributed by atoms with E-state index in [1.807, 2.05) is 13.8 Å². The minimum absolute atomic E-state index is 0.0256. The molecule has 1 rings (SSSR count). The zero-order valence-corrected chi connectivity index (χ0v) is 12.2. The topological polar surface area (TPSA) is 55.1 Å². The van der Waals surface area contributed by atoms with Crippen LogP contribution in [0.25, 0.3) is 0 Å². The van der Waals surface area contributed by atoms with Gasteiger partial charge in [0.1, 0.15) is 0 Å². The van der Waals surface area contributed by atoms with Crippen LogP contribution in [0.4, 0.5) is 13.2 Å². The van der Waals surface area contributed by atoms with Crippen molar-refractivity contribution in [2.24, 2.45) is 5.73 Å². The Labute approximate surface area is 122 Å². The average Bonchev–Trinajstić information content (AvgIpc) is 2.37. The summed E-state index contributed by atoms with van der Waals surface area (Å²) < 4.78 is 37.4. The second-order valence-corrected chi connectivity index (χ2v) is 5.34. The van der Waals surface area contributed by atoms with Gasteiger partial charge in [-0.1, -0.05) is 19.1 Å². The van der Waals surface area contributed by atoms with E-state index in [1.54, 1.807) is 0 Å². The number of hydrogen-bond acceptors (Lipinski definition) is 2. The molecule has 0 aliphatic heterocycles. The Kier molecular flexibility index (Phi) is 6.20. The van der Waals surface area contributed by atoms with Gasteiger partial charge in [-0.15, -0.1) is 0 Å². The van der Waals surface area contributed by atoms with Crippen LogP contribution in [0.15, 0.2) is 24.3 Å². The number of alkyl halides is 3. The second-order valence-electron chi connectivity index (χ2n) is 5.34. The molecule has 0 fully saturated rings. The molecule has 6 heteroatoms. The van der Waals surface area contributed by atoms with Crippen molar-refractivity contribution in [1.82, 2.24) is 5.32 Å². The van der Waals surface area contributed by atoms with Crippen molar-refractivity contribution < 1.29 is 18.0 Å². The molecule has 0 saturated heterocycles. The minimum atomic E-state index is -4.34. The molecule has 1 aromatic carbocycles. The highest BCUT2D eigenvalue weighted by atomic mass is 19.4. The van der Waals surface area contributed by atoms with Crippen LogP contribution >= 0.6 is 0 Å². The number of amides is 1. The van der Waals surface area contributed by atoms with E-state index in [4.69, 9.17) is 5.73 Å². The number of nitrogens with one attached hydrogen (secondary N) is 1. The summed E-state index contributed by atoms with van der Waals surface area (Å²) in [7, 11) is 0. The van der Waals surface area contributed by atoms with E-state index in [0.717, 1.165) is 12.1 Å². The van der Waals surface area contributed by atoms with Gasteiger partial charge >= 0.3 is 6.18 Å². The quantitative estimate of drug-likeness (QED) is 0.848. The number of carbonyl (C=O) groups is 1. The smallest absolute Gasteiger partial charge is 0.356 e. The van der Waals surface area contributed by atoms with Crippen LogP contribution in [0.1, 0.15) is 43.7 Å². The van der Waals surface area contributed by atoms with Gasteiger partial charge in [-0.3, -0.25) is 4.79 Å². The number of halogens is 3. The molecule has 0 bridgehead atoms. The van der Waals surface area contributed by atoms with Crippen LogP contribution in [0, 0.1) is 0 Å². The van der Waals surface area contributed by atoms with Gasteiger partial charge in [-0.05, 0) is 37.0 Å². The fourth-order valence-corrected chi connectivity index (χ4v) is 1.91. The lowest BCUT2D eigenvalue weighted by molar-refractivity contribution is -0.137. The molecule has 3 N–H and O–H groups in total. The van der Waals surface area contributed by atoms with Crippen LogP contribution in [0.5, 0.6) is 0 Å². The van der Waals surface area contributed by atoms with Gasteiger partial charge in [-0.25, -0.2) is 0 Å². The molecule has 3 nitrogen and oxygen atoms in total. The average molecular weight is 302 g/mol. The third-order valence-electron chi connectivity index (χ3n) is 3.22. The molecule has 0 spiro atoms. The molecule has 0 radical (unpaired) electrons. The third-order valence-corrected chi connectivity index (χ3v) is 3.22. The Morgan fingerprint density at radius 2 is 1.81 bits per heavy atom. The summed E-state index contributed by atoms with van der Waals surface area (Å²) in [5.74, 6) is -0.259. The summed E-state index contributed by atoms with van der Waals surface area (Å²) in [5, 5.41) is 2.75. The highest BCUT2D eigenvalue weighted by Crippen LogP contribution is 2.30. The Morgan fingerprint density at radius 3 is 2.29 bits per heavy atom. The standard InChI is InChI=1S/C15H21F3N2O/c1-10(9-14(21)20-8-7-11(2)19)12-3-5-13(6-4-12)15(16,17)18/h3-6,10-11H,7-9,19H2,1-2H3,(H,20,21). The van der Waals surface area contributed by atoms with Crippen molar-refractivity contribution in [2.75, 3.05) is 6.54 Å². The molecule has 0 aliphatic rings. The van der Waals surface area contributed by atoms with E-state index in [1.165, 1.54) is 12.1 Å². The molecule has 0 saturated carbocycles. The molecule has 21 heavy (non-hydrogen) atoms. The minimum Gasteiger partial charge on any atom is -0.356 e. The van der Waals surface area contributed by atoms with Crippen LogP contribution in [0.3, 0.4) is 0 Å². The second kappa shape index (κ2) is 7.45. The van der Waals surface area contributed by atoms with Crippen molar-refractivity contribution in [1.29, 1.82) is 0 Å². The van der Waals surface area contributed by atoms with Gasteiger partial charge in [0.25, 0.3) is 0 Å². The first-order valence-electron chi connectivity index (χ1n) is 6.89. The van der Waals surface area contributed by atoms with Gasteiger partial charge < -0.3 is 11.1 Å². The number of benzene rings is 1. The van der Waals surface area contributed by atoms with Crippen LogP contribution in [0.2, 0.25) is 0 Å². The predicted molar refractivity (Wildman–Crippen MR) is 75.8 cm³/mol. The summed E-state index contributed by atoms with van der Waals surface area (Å²) in [6.45, 7) is 4.18. The van der Waals surface area contributed by atoms with Gasteiger partial charge in [0.05, 0.1) is 5.56 Å². The Bertz CT molecular complexity index is 455. The number of carbonyl (C=O) groups excluding carboxylic acids is 1. The molecule has 0 aromatic heterocycles. The first kappa shape index (κ1) is 17.5. The third kappa shape index (κ3) is 6.16. The largest absolute Gasteiger partial charge is 0.416 e. The van der Waals surface area contributed by atoms with Crippen LogP contribution < -0.4 is 11.1 Å². The van der Waals surface area contributed by atoms with E-state index in [9.17, 15) is 18.0 Å². The summed E-state index contributed by atoms with van der Waals surface area (Å²) in [5.41, 5.74) is 5.61. The maximum atomic E-state index is 12.5. The lowest BCUT2D eigenvalue weighted by Crippen LogP contribution is -2.29. The molecular weight excluding hydrogens is 281 g/mol. The molecule has 0 heterocycles. The molecular formula is C15H21F3N2O. The van der Waals surface area contributed by atoms with Crippen LogP contribution in [-0.2, 0) is 11.0 Å². The van der Waals surface area contributed by atoms with Crippen molar-refractivity contribution in [3.63, 3.8) is 0 Å². The first-order chi connectivity index (χ1) is 9.70. The van der Waals surface area contributed by atoms with Gasteiger partial charge in [0.15, 0.2) is 0 Å². The number of hydrogen-bond donors (Lipinski definition) is 2. The molecule has 1 aromatic rings. The molecule has 2 atom stereocenters. The van der Waals surface area contributed by atoms with Crippen LogP contribution in [-0.4, -0.2) is 18.5 Å². The van der Waals surface area contributed by atoms with Crippen molar-refractivity contribution in [3.05, 3.63) is 35.4 Å². The molecule has 1 amide bonds. The van der Waals surface area contributed by atoms with E-state index in [-0.39, 0.29) is 24.3 Å². The summed E-state index contributed by atoms with van der Waals surface area (Å²) in [6.07, 6.45) is -3.40. The van der Waals surface area contributed by atoms with Crippen molar-refractivity contribution in [2.45, 2.75) is 44.8 Å². The lowest BCUT2D eigenvalue weighted by Gasteiger charge is -2.14. The van der Waals surface area contributed by atoms with Gasteiger partial charge in [-0.2, -0.15) is 13.2 Å². The fraction of sp³-hybridized carbons (Fsp3) is 0.533. The van der Waals surface area contributed by atoms with Gasteiger partial charge in [0.2, 0.25) is 5.91 Å². The Hall–Kier alpha value is -1.56. The molecule has 2 unspecified atom stereocenters. The summed E-state index contributed by atoms with van der Waals surface area (Å²) in [4.78, 5) is 11.7. The van der Waals surface area contributed by atoms with Gasteiger partial charge in [0, 0.05) is 19.0 Å². The highest BCUT2D eigenvalue weighted by molar-refractivity contribution is 5.76. The summed E-state index contributed by atoms with van der Waals surface area (Å²) >= 11 is 0. The van der Waals surface area contributed by atoms with Crippen molar-refractivity contribution >= 4 is 5.91 Å². The zero-order chi connectivity index (χ0) is 16.0. The monoisotopic (exact) mass is 302 g/mol. The van der Waals surface area contributed by atoms with E-state index in [0.29, 0.717) is 18.5 Å². The summed E-state index contributed by atoms with van der Waals surface area (Å²) in [6, 6.07) is 4.95. The zero-order valence-electron chi connectivity index (χ0n) is 12.2. The molecule has 118 valence electrons. The molecule has 0 aliphatic carbocycles. The Balaban J connectivity index is 2.52. The van der Waals surface area contributed by atoms with E-state index in [2.05, 4.69) is 5.32 Å². The Morgan fingerprint density at radius 1 is 1.24 bits per heavy atom. The maximum absolute atomic E-state index is 12.5.